The minimum atomic E-state index is -1.34. The SMILES string of the molecule is Cc1cccc(CCn2c(O)c(F)c(=O)[nH]c2=O)c1. The highest BCUT2D eigenvalue weighted by atomic mass is 19.1. The van der Waals surface area contributed by atoms with Gasteiger partial charge in [-0.2, -0.15) is 4.39 Å². The third-order valence-electron chi connectivity index (χ3n) is 2.82. The molecular weight excluding hydrogens is 251 g/mol. The molecule has 0 aliphatic carbocycles. The molecule has 1 aromatic carbocycles. The van der Waals surface area contributed by atoms with Crippen molar-refractivity contribution in [2.75, 3.05) is 0 Å². The Bertz CT molecular complexity index is 719. The predicted molar refractivity (Wildman–Crippen MR) is 67.8 cm³/mol. The van der Waals surface area contributed by atoms with Crippen molar-refractivity contribution in [1.82, 2.24) is 9.55 Å². The standard InChI is InChI=1S/C13H13FN2O3/c1-8-3-2-4-9(7-8)5-6-16-12(18)10(14)11(17)15-13(16)19/h2-4,7,18H,5-6H2,1H3,(H,15,17,19). The van der Waals surface area contributed by atoms with Crippen molar-refractivity contribution in [1.29, 1.82) is 0 Å². The molecule has 0 atom stereocenters. The van der Waals surface area contributed by atoms with Crippen LogP contribution in [0.1, 0.15) is 11.1 Å². The number of rotatable bonds is 3. The Morgan fingerprint density at radius 2 is 2.11 bits per heavy atom. The molecule has 6 heteroatoms. The van der Waals surface area contributed by atoms with Crippen LogP contribution in [-0.4, -0.2) is 14.7 Å². The van der Waals surface area contributed by atoms with Crippen LogP contribution in [0.2, 0.25) is 0 Å². The first-order chi connectivity index (χ1) is 8.99. The van der Waals surface area contributed by atoms with Gasteiger partial charge in [0.15, 0.2) is 0 Å². The lowest BCUT2D eigenvalue weighted by atomic mass is 10.1. The summed E-state index contributed by atoms with van der Waals surface area (Å²) in [6.45, 7) is 2.02. The molecule has 2 aromatic rings. The molecule has 0 unspecified atom stereocenters. The zero-order valence-corrected chi connectivity index (χ0v) is 10.3. The second-order valence-electron chi connectivity index (χ2n) is 4.29. The van der Waals surface area contributed by atoms with E-state index in [-0.39, 0.29) is 6.54 Å². The first kappa shape index (κ1) is 13.1. The summed E-state index contributed by atoms with van der Waals surface area (Å²) in [4.78, 5) is 24.2. The van der Waals surface area contributed by atoms with Crippen molar-refractivity contribution in [3.05, 3.63) is 62.0 Å². The molecule has 0 saturated carbocycles. The number of H-pyrrole nitrogens is 1. The number of aromatic hydroxyl groups is 1. The van der Waals surface area contributed by atoms with Crippen LogP contribution >= 0.6 is 0 Å². The lowest BCUT2D eigenvalue weighted by Crippen LogP contribution is -2.32. The summed E-state index contributed by atoms with van der Waals surface area (Å²) >= 11 is 0. The van der Waals surface area contributed by atoms with Crippen molar-refractivity contribution in [2.24, 2.45) is 0 Å². The maximum atomic E-state index is 13.2. The van der Waals surface area contributed by atoms with Crippen molar-refractivity contribution in [3.63, 3.8) is 0 Å². The van der Waals surface area contributed by atoms with Gasteiger partial charge in [-0.3, -0.25) is 14.3 Å². The molecule has 0 fully saturated rings. The van der Waals surface area contributed by atoms with Gasteiger partial charge in [0.2, 0.25) is 11.7 Å². The number of nitrogens with one attached hydrogen (secondary N) is 1. The van der Waals surface area contributed by atoms with E-state index in [0.29, 0.717) is 6.42 Å². The number of aromatic amines is 1. The third kappa shape index (κ3) is 2.73. The highest BCUT2D eigenvalue weighted by Crippen LogP contribution is 2.10. The van der Waals surface area contributed by atoms with Gasteiger partial charge < -0.3 is 5.11 Å². The zero-order chi connectivity index (χ0) is 14.0. The van der Waals surface area contributed by atoms with Crippen LogP contribution in [0.3, 0.4) is 0 Å². The Morgan fingerprint density at radius 3 is 2.79 bits per heavy atom. The molecule has 0 saturated heterocycles. The molecule has 0 amide bonds. The number of aromatic nitrogens is 2. The van der Waals surface area contributed by atoms with E-state index in [0.717, 1.165) is 15.7 Å². The van der Waals surface area contributed by atoms with Crippen LogP contribution in [0.25, 0.3) is 0 Å². The van der Waals surface area contributed by atoms with Crippen molar-refractivity contribution >= 4 is 0 Å². The largest absolute Gasteiger partial charge is 0.492 e. The molecule has 1 heterocycles. The molecule has 5 nitrogen and oxygen atoms in total. The summed E-state index contributed by atoms with van der Waals surface area (Å²) in [6.07, 6.45) is 0.445. The minimum Gasteiger partial charge on any atom is -0.492 e. The Morgan fingerprint density at radius 1 is 1.37 bits per heavy atom. The molecule has 2 rings (SSSR count). The van der Waals surface area contributed by atoms with Gasteiger partial charge in [0.25, 0.3) is 5.56 Å². The van der Waals surface area contributed by atoms with E-state index in [1.165, 1.54) is 0 Å². The molecule has 2 N–H and O–H groups in total. The topological polar surface area (TPSA) is 75.1 Å². The smallest absolute Gasteiger partial charge is 0.331 e. The molecule has 1 aromatic heterocycles. The fourth-order valence-electron chi connectivity index (χ4n) is 1.85. The number of hydrogen-bond donors (Lipinski definition) is 2. The average molecular weight is 264 g/mol. The first-order valence-electron chi connectivity index (χ1n) is 5.76. The molecule has 0 radical (unpaired) electrons. The average Bonchev–Trinajstić information content (AvgIpc) is 2.36. The summed E-state index contributed by atoms with van der Waals surface area (Å²) in [7, 11) is 0. The molecule has 0 bridgehead atoms. The van der Waals surface area contributed by atoms with Gasteiger partial charge in [0.05, 0.1) is 0 Å². The highest BCUT2D eigenvalue weighted by Gasteiger charge is 2.13. The Labute approximate surface area is 108 Å². The van der Waals surface area contributed by atoms with Gasteiger partial charge in [0.1, 0.15) is 0 Å². The quantitative estimate of drug-likeness (QED) is 0.866. The minimum absolute atomic E-state index is 0.0851. The van der Waals surface area contributed by atoms with E-state index in [2.05, 4.69) is 0 Å². The second-order valence-corrected chi connectivity index (χ2v) is 4.29. The van der Waals surface area contributed by atoms with Crippen LogP contribution in [0.15, 0.2) is 33.9 Å². The molecule has 0 aliphatic heterocycles. The Balaban J connectivity index is 2.28. The second kappa shape index (κ2) is 5.09. The summed E-state index contributed by atoms with van der Waals surface area (Å²) in [5, 5.41) is 9.46. The number of hydrogen-bond acceptors (Lipinski definition) is 3. The lowest BCUT2D eigenvalue weighted by Gasteiger charge is -2.08. The number of benzene rings is 1. The molecule has 0 spiro atoms. The molecule has 100 valence electrons. The van der Waals surface area contributed by atoms with Crippen LogP contribution < -0.4 is 11.2 Å². The fraction of sp³-hybridized carbons (Fsp3) is 0.231. The van der Waals surface area contributed by atoms with E-state index >= 15 is 0 Å². The third-order valence-corrected chi connectivity index (χ3v) is 2.82. The Hall–Kier alpha value is -2.37. The normalized spacial score (nSPS) is 10.6. The highest BCUT2D eigenvalue weighted by molar-refractivity contribution is 5.22. The lowest BCUT2D eigenvalue weighted by molar-refractivity contribution is 0.360. The maximum absolute atomic E-state index is 13.2. The summed E-state index contributed by atoms with van der Waals surface area (Å²) in [5.74, 6) is -2.27. The van der Waals surface area contributed by atoms with Gasteiger partial charge >= 0.3 is 5.69 Å². The number of nitrogens with zero attached hydrogens (tertiary/aromatic N) is 1. The van der Waals surface area contributed by atoms with E-state index in [1.807, 2.05) is 36.2 Å². The van der Waals surface area contributed by atoms with Crippen molar-refractivity contribution < 1.29 is 9.50 Å². The fourth-order valence-corrected chi connectivity index (χ4v) is 1.85. The van der Waals surface area contributed by atoms with Gasteiger partial charge in [-0.05, 0) is 18.9 Å². The Kier molecular flexibility index (Phi) is 3.50. The van der Waals surface area contributed by atoms with Crippen LogP contribution in [0.5, 0.6) is 5.88 Å². The predicted octanol–water partition coefficient (Wildman–Crippen LogP) is 0.932. The van der Waals surface area contributed by atoms with Crippen LogP contribution in [-0.2, 0) is 13.0 Å². The zero-order valence-electron chi connectivity index (χ0n) is 10.3. The van der Waals surface area contributed by atoms with Gasteiger partial charge in [0, 0.05) is 6.54 Å². The van der Waals surface area contributed by atoms with Gasteiger partial charge in [-0.15, -0.1) is 0 Å². The van der Waals surface area contributed by atoms with Gasteiger partial charge in [-0.25, -0.2) is 4.79 Å². The summed E-state index contributed by atoms with van der Waals surface area (Å²) < 4.78 is 14.0. The van der Waals surface area contributed by atoms with E-state index in [9.17, 15) is 19.1 Å². The number of aryl methyl sites for hydroxylation is 2. The monoisotopic (exact) mass is 264 g/mol. The molecule has 0 aliphatic rings. The van der Waals surface area contributed by atoms with Crippen molar-refractivity contribution in [2.45, 2.75) is 19.9 Å². The molecule has 19 heavy (non-hydrogen) atoms. The van der Waals surface area contributed by atoms with Crippen molar-refractivity contribution in [3.8, 4) is 5.88 Å². The molecular formula is C13H13FN2O3. The summed E-state index contributed by atoms with van der Waals surface area (Å²) in [5.41, 5.74) is -0.00881. The van der Waals surface area contributed by atoms with E-state index < -0.39 is 22.9 Å². The van der Waals surface area contributed by atoms with Gasteiger partial charge in [-0.1, -0.05) is 29.8 Å². The maximum Gasteiger partial charge on any atom is 0.331 e. The summed E-state index contributed by atoms with van der Waals surface area (Å²) in [6, 6.07) is 7.62. The van der Waals surface area contributed by atoms with E-state index in [4.69, 9.17) is 0 Å². The van der Waals surface area contributed by atoms with Crippen LogP contribution in [0, 0.1) is 12.7 Å². The number of halogens is 1. The van der Waals surface area contributed by atoms with E-state index in [1.54, 1.807) is 0 Å². The first-order valence-corrected chi connectivity index (χ1v) is 5.76. The van der Waals surface area contributed by atoms with Crippen LogP contribution in [0.4, 0.5) is 4.39 Å².